The molecular formula is C31H32O9S3. The van der Waals surface area contributed by atoms with Crippen molar-refractivity contribution in [1.82, 2.24) is 0 Å². The normalized spacial score (nSPS) is 11.6. The predicted molar refractivity (Wildman–Crippen MR) is 169 cm³/mol. The van der Waals surface area contributed by atoms with Crippen molar-refractivity contribution < 1.29 is 39.4 Å². The highest BCUT2D eigenvalue weighted by molar-refractivity contribution is 7.98. The van der Waals surface area contributed by atoms with Crippen LogP contribution in [0.4, 0.5) is 0 Å². The largest absolute Gasteiger partial charge is 0.496 e. The quantitative estimate of drug-likeness (QED) is 0.128. The van der Waals surface area contributed by atoms with E-state index >= 15 is 0 Å². The van der Waals surface area contributed by atoms with Crippen molar-refractivity contribution in [3.05, 3.63) is 83.9 Å². The zero-order chi connectivity index (χ0) is 31.4. The first-order valence-electron chi connectivity index (χ1n) is 12.9. The van der Waals surface area contributed by atoms with E-state index in [0.29, 0.717) is 11.1 Å². The van der Waals surface area contributed by atoms with Crippen LogP contribution < -0.4 is 22.6 Å². The van der Waals surface area contributed by atoms with Gasteiger partial charge in [-0.3, -0.25) is 0 Å². The lowest BCUT2D eigenvalue weighted by Gasteiger charge is -2.21. The fourth-order valence-corrected chi connectivity index (χ4v) is 5.65. The summed E-state index contributed by atoms with van der Waals surface area (Å²) in [6.07, 6.45) is 3.80. The molecule has 4 rings (SSSR count). The van der Waals surface area contributed by atoms with Gasteiger partial charge < -0.3 is 22.6 Å². The van der Waals surface area contributed by atoms with Crippen LogP contribution in [0.3, 0.4) is 0 Å². The molecule has 0 unspecified atom stereocenters. The van der Waals surface area contributed by atoms with Gasteiger partial charge in [-0.25, -0.2) is 0 Å². The average molecular weight is 645 g/mol. The molecule has 0 fully saturated rings. The van der Waals surface area contributed by atoms with Gasteiger partial charge in [0.1, 0.15) is 12.4 Å². The number of benzene rings is 4. The van der Waals surface area contributed by atoms with E-state index in [9.17, 15) is 16.8 Å². The van der Waals surface area contributed by atoms with Crippen molar-refractivity contribution in [2.75, 3.05) is 33.0 Å². The lowest BCUT2D eigenvalue weighted by molar-refractivity contribution is 0.296. The Balaban J connectivity index is 1.91. The van der Waals surface area contributed by atoms with Crippen molar-refractivity contribution in [3.63, 3.8) is 0 Å². The average Bonchev–Trinajstić information content (AvgIpc) is 2.95. The molecule has 0 saturated carbocycles. The van der Waals surface area contributed by atoms with E-state index < -0.39 is 20.2 Å². The smallest absolute Gasteiger partial charge is 0.306 e. The van der Waals surface area contributed by atoms with Crippen LogP contribution in [0.25, 0.3) is 22.3 Å². The molecule has 0 amide bonds. The molecule has 4 aromatic carbocycles. The van der Waals surface area contributed by atoms with Crippen molar-refractivity contribution in [2.45, 2.75) is 18.4 Å². The maximum Gasteiger partial charge on any atom is 0.306 e. The van der Waals surface area contributed by atoms with Crippen LogP contribution >= 0.6 is 11.8 Å². The molecule has 9 nitrogen and oxygen atoms in total. The van der Waals surface area contributed by atoms with E-state index in [1.54, 1.807) is 23.9 Å². The zero-order valence-corrected chi connectivity index (χ0v) is 27.0. The summed E-state index contributed by atoms with van der Waals surface area (Å²) in [6, 6.07) is 21.6. The van der Waals surface area contributed by atoms with E-state index in [0.717, 1.165) is 34.1 Å². The molecule has 0 aliphatic carbocycles. The lowest BCUT2D eigenvalue weighted by atomic mass is 9.96. The topological polar surface area (TPSA) is 114 Å². The van der Waals surface area contributed by atoms with Gasteiger partial charge in [-0.15, -0.1) is 11.8 Å². The van der Waals surface area contributed by atoms with Gasteiger partial charge in [-0.1, -0.05) is 48.0 Å². The zero-order valence-electron chi connectivity index (χ0n) is 24.5. The molecule has 0 aliphatic rings. The summed E-state index contributed by atoms with van der Waals surface area (Å²) in [6.45, 7) is 2.13. The number of aryl methyl sites for hydroxylation is 1. The van der Waals surface area contributed by atoms with Gasteiger partial charge in [0.05, 0.1) is 32.3 Å². The second kappa shape index (κ2) is 13.2. The van der Waals surface area contributed by atoms with Crippen LogP contribution in [0.5, 0.6) is 28.7 Å². The number of thioether (sulfide) groups is 1. The summed E-state index contributed by atoms with van der Waals surface area (Å²) in [5.41, 5.74) is 3.76. The van der Waals surface area contributed by atoms with Gasteiger partial charge >= 0.3 is 20.2 Å². The Bertz CT molecular complexity index is 1820. The first kappa shape index (κ1) is 32.1. The van der Waals surface area contributed by atoms with Crippen LogP contribution in [0, 0.1) is 6.92 Å². The van der Waals surface area contributed by atoms with Crippen LogP contribution in [-0.4, -0.2) is 49.8 Å². The number of hydrogen-bond acceptors (Lipinski definition) is 10. The molecule has 0 spiro atoms. The molecular weight excluding hydrogens is 613 g/mol. The highest BCUT2D eigenvalue weighted by Gasteiger charge is 2.27. The standard InChI is InChI=1S/C31H32O9S3/c1-20-7-9-21(10-8-20)19-38-26-16-13-23(17-27(26)39-42(5,32)33)29-28(36-2)18-25(22-11-14-24(41-4)15-12-22)30(37-3)31(29)40-43(6,34)35/h7-18H,19H2,1-6H3. The Morgan fingerprint density at radius 1 is 0.674 bits per heavy atom. The van der Waals surface area contributed by atoms with Crippen molar-refractivity contribution in [3.8, 4) is 51.0 Å². The maximum absolute atomic E-state index is 12.5. The molecule has 228 valence electrons. The summed E-state index contributed by atoms with van der Waals surface area (Å²) < 4.78 is 77.6. The third-order valence-corrected chi connectivity index (χ3v) is 7.94. The molecule has 0 radical (unpaired) electrons. The summed E-state index contributed by atoms with van der Waals surface area (Å²) in [4.78, 5) is 1.04. The lowest BCUT2D eigenvalue weighted by Crippen LogP contribution is -2.10. The highest BCUT2D eigenvalue weighted by Crippen LogP contribution is 2.51. The number of rotatable bonds is 12. The predicted octanol–water partition coefficient (Wildman–Crippen LogP) is 6.32. The van der Waals surface area contributed by atoms with Crippen LogP contribution in [0.15, 0.2) is 77.7 Å². The Morgan fingerprint density at radius 2 is 1.30 bits per heavy atom. The Hall–Kier alpha value is -3.87. The van der Waals surface area contributed by atoms with E-state index in [4.69, 9.17) is 22.6 Å². The number of methoxy groups -OCH3 is 2. The van der Waals surface area contributed by atoms with Crippen molar-refractivity contribution in [1.29, 1.82) is 0 Å². The molecule has 0 aromatic heterocycles. The molecule has 12 heteroatoms. The minimum absolute atomic E-state index is 0.102. The second-order valence-corrected chi connectivity index (χ2v) is 13.6. The minimum Gasteiger partial charge on any atom is -0.496 e. The Morgan fingerprint density at radius 3 is 1.86 bits per heavy atom. The first-order valence-corrected chi connectivity index (χ1v) is 17.7. The van der Waals surface area contributed by atoms with Gasteiger partial charge in [-0.2, -0.15) is 16.8 Å². The van der Waals surface area contributed by atoms with E-state index in [-0.39, 0.29) is 40.9 Å². The van der Waals surface area contributed by atoms with E-state index in [1.165, 1.54) is 26.4 Å². The van der Waals surface area contributed by atoms with E-state index in [1.807, 2.05) is 61.7 Å². The molecule has 0 heterocycles. The SMILES string of the molecule is COc1cc(-c2ccc(SC)cc2)c(OC)c(OS(C)(=O)=O)c1-c1ccc(OCc2ccc(C)cc2)c(OS(C)(=O)=O)c1. The van der Waals surface area contributed by atoms with Gasteiger partial charge in [0, 0.05) is 10.5 Å². The van der Waals surface area contributed by atoms with Gasteiger partial charge in [-0.05, 0) is 60.2 Å². The van der Waals surface area contributed by atoms with Gasteiger partial charge in [0.25, 0.3) is 0 Å². The fraction of sp³-hybridized carbons (Fsp3) is 0.226. The Kier molecular flexibility index (Phi) is 9.83. The Labute approximate surface area is 257 Å². The van der Waals surface area contributed by atoms with Crippen LogP contribution in [0.1, 0.15) is 11.1 Å². The van der Waals surface area contributed by atoms with Crippen LogP contribution in [0.2, 0.25) is 0 Å². The fourth-order valence-electron chi connectivity index (χ4n) is 4.33. The van der Waals surface area contributed by atoms with Crippen LogP contribution in [-0.2, 0) is 26.8 Å². The summed E-state index contributed by atoms with van der Waals surface area (Å²) in [7, 11) is -5.19. The summed E-state index contributed by atoms with van der Waals surface area (Å²) >= 11 is 1.59. The number of hydrogen-bond donors (Lipinski definition) is 0. The van der Waals surface area contributed by atoms with E-state index in [2.05, 4.69) is 0 Å². The summed E-state index contributed by atoms with van der Waals surface area (Å²) in [5, 5.41) is 0. The maximum atomic E-state index is 12.5. The second-order valence-electron chi connectivity index (χ2n) is 9.60. The van der Waals surface area contributed by atoms with Gasteiger partial charge in [0.15, 0.2) is 23.0 Å². The molecule has 43 heavy (non-hydrogen) atoms. The number of ether oxygens (including phenoxy) is 3. The molecule has 4 aromatic rings. The summed E-state index contributed by atoms with van der Waals surface area (Å²) in [5.74, 6) is 0.323. The third kappa shape index (κ3) is 8.15. The monoisotopic (exact) mass is 644 g/mol. The van der Waals surface area contributed by atoms with Crippen molar-refractivity contribution >= 4 is 32.0 Å². The molecule has 0 N–H and O–H groups in total. The molecule has 0 saturated heterocycles. The molecule has 0 bridgehead atoms. The molecule has 0 atom stereocenters. The highest BCUT2D eigenvalue weighted by atomic mass is 32.2. The minimum atomic E-state index is -4.06. The molecule has 0 aliphatic heterocycles. The third-order valence-electron chi connectivity index (χ3n) is 6.25. The first-order chi connectivity index (χ1) is 20.3. The van der Waals surface area contributed by atoms with Gasteiger partial charge in [0.2, 0.25) is 0 Å². The van der Waals surface area contributed by atoms with Crippen molar-refractivity contribution in [2.24, 2.45) is 0 Å².